The molecule has 2 nitrogen and oxygen atoms in total. The molecule has 0 atom stereocenters. The minimum absolute atomic E-state index is 1.10. The van der Waals surface area contributed by atoms with Crippen LogP contribution in [0.4, 0.5) is 17.1 Å². The molecule has 0 saturated carbocycles. The van der Waals surface area contributed by atoms with Gasteiger partial charge in [-0.1, -0.05) is 140 Å². The molecule has 0 aliphatic rings. The molecule has 226 valence electrons. The van der Waals surface area contributed by atoms with E-state index in [1.165, 1.54) is 54.8 Å². The van der Waals surface area contributed by atoms with E-state index in [2.05, 4.69) is 204 Å². The second-order valence-corrected chi connectivity index (χ2v) is 12.2. The van der Waals surface area contributed by atoms with E-state index >= 15 is 0 Å². The van der Waals surface area contributed by atoms with Crippen molar-refractivity contribution in [3.05, 3.63) is 194 Å². The summed E-state index contributed by atoms with van der Waals surface area (Å²) in [5.74, 6) is 0. The van der Waals surface area contributed by atoms with E-state index in [9.17, 15) is 0 Å². The maximum atomic E-state index is 2.42. The molecule has 1 heterocycles. The number of rotatable bonds is 6. The fourth-order valence-corrected chi connectivity index (χ4v) is 7.19. The fourth-order valence-electron chi connectivity index (χ4n) is 7.19. The van der Waals surface area contributed by atoms with Gasteiger partial charge in [0.2, 0.25) is 0 Å². The van der Waals surface area contributed by atoms with Crippen molar-refractivity contribution in [1.82, 2.24) is 4.57 Å². The van der Waals surface area contributed by atoms with Crippen LogP contribution in [0.25, 0.3) is 60.5 Å². The van der Waals surface area contributed by atoms with Crippen LogP contribution in [0.15, 0.2) is 194 Å². The quantitative estimate of drug-likeness (QED) is 0.181. The Bertz CT molecular complexity index is 2530. The summed E-state index contributed by atoms with van der Waals surface area (Å²) < 4.78 is 2.42. The lowest BCUT2D eigenvalue weighted by atomic mass is 9.94. The Labute approximate surface area is 280 Å². The van der Waals surface area contributed by atoms with Crippen LogP contribution >= 0.6 is 0 Å². The first-order chi connectivity index (χ1) is 23.8. The Morgan fingerprint density at radius 3 is 1.73 bits per heavy atom. The minimum atomic E-state index is 1.10. The van der Waals surface area contributed by atoms with Crippen LogP contribution in [0.5, 0.6) is 0 Å². The second-order valence-electron chi connectivity index (χ2n) is 12.2. The largest absolute Gasteiger partial charge is 0.310 e. The standard InChI is InChI=1S/C46H32N2/c1-4-14-33(15-5-1)34-26-28-38(29-27-34)47(36-18-6-2-7-19-36)39-30-31-43-45(32-39)48(37-20-8-3-9-21-37)44-25-13-24-42(46(43)44)41-23-12-17-35-16-10-11-22-40(35)41/h1-32H. The van der Waals surface area contributed by atoms with E-state index in [0.29, 0.717) is 0 Å². The molecule has 9 aromatic rings. The molecule has 0 N–H and O–H groups in total. The van der Waals surface area contributed by atoms with Crippen LogP contribution in [0.2, 0.25) is 0 Å². The Hall–Kier alpha value is -6.38. The summed E-state index contributed by atoms with van der Waals surface area (Å²) in [6.45, 7) is 0. The summed E-state index contributed by atoms with van der Waals surface area (Å²) in [6, 6.07) is 69.8. The maximum absolute atomic E-state index is 2.42. The first-order valence-corrected chi connectivity index (χ1v) is 16.4. The van der Waals surface area contributed by atoms with Crippen LogP contribution in [0, 0.1) is 0 Å². The van der Waals surface area contributed by atoms with Crippen LogP contribution < -0.4 is 4.90 Å². The van der Waals surface area contributed by atoms with E-state index in [-0.39, 0.29) is 0 Å². The lowest BCUT2D eigenvalue weighted by Gasteiger charge is -2.26. The van der Waals surface area contributed by atoms with Crippen molar-refractivity contribution in [2.45, 2.75) is 0 Å². The number of benzene rings is 8. The summed E-state index contributed by atoms with van der Waals surface area (Å²) in [6.07, 6.45) is 0. The van der Waals surface area contributed by atoms with Crippen molar-refractivity contribution in [2.24, 2.45) is 0 Å². The van der Waals surface area contributed by atoms with Crippen molar-refractivity contribution in [3.8, 4) is 27.9 Å². The number of hydrogen-bond acceptors (Lipinski definition) is 1. The summed E-state index contributed by atoms with van der Waals surface area (Å²) in [5.41, 5.74) is 11.7. The second kappa shape index (κ2) is 11.8. The van der Waals surface area contributed by atoms with Gasteiger partial charge in [0.25, 0.3) is 0 Å². The van der Waals surface area contributed by atoms with Crippen LogP contribution in [-0.2, 0) is 0 Å². The van der Waals surface area contributed by atoms with Gasteiger partial charge in [0.05, 0.1) is 11.0 Å². The Morgan fingerprint density at radius 2 is 0.938 bits per heavy atom. The number of fused-ring (bicyclic) bond motifs is 4. The van der Waals surface area contributed by atoms with Gasteiger partial charge < -0.3 is 9.47 Å². The minimum Gasteiger partial charge on any atom is -0.310 e. The fraction of sp³-hybridized carbons (Fsp3) is 0. The normalized spacial score (nSPS) is 11.3. The van der Waals surface area contributed by atoms with Crippen LogP contribution in [-0.4, -0.2) is 4.57 Å². The van der Waals surface area contributed by atoms with Crippen LogP contribution in [0.3, 0.4) is 0 Å². The molecule has 0 fully saturated rings. The molecule has 0 bridgehead atoms. The zero-order valence-corrected chi connectivity index (χ0v) is 26.4. The van der Waals surface area contributed by atoms with Gasteiger partial charge >= 0.3 is 0 Å². The predicted molar refractivity (Wildman–Crippen MR) is 204 cm³/mol. The Kier molecular flexibility index (Phi) is 6.84. The molecule has 0 radical (unpaired) electrons. The molecule has 0 spiro atoms. The molecule has 0 aliphatic heterocycles. The molecule has 1 aromatic heterocycles. The third kappa shape index (κ3) is 4.74. The maximum Gasteiger partial charge on any atom is 0.0562 e. The number of anilines is 3. The monoisotopic (exact) mass is 612 g/mol. The highest BCUT2D eigenvalue weighted by molar-refractivity contribution is 6.18. The first-order valence-electron chi connectivity index (χ1n) is 16.4. The highest BCUT2D eigenvalue weighted by Crippen LogP contribution is 2.43. The zero-order chi connectivity index (χ0) is 31.9. The van der Waals surface area contributed by atoms with Gasteiger partial charge in [-0.25, -0.2) is 0 Å². The Balaban J connectivity index is 1.29. The van der Waals surface area contributed by atoms with Gasteiger partial charge in [-0.15, -0.1) is 0 Å². The van der Waals surface area contributed by atoms with Gasteiger partial charge in [0.15, 0.2) is 0 Å². The van der Waals surface area contributed by atoms with E-state index < -0.39 is 0 Å². The van der Waals surface area contributed by atoms with Crippen molar-refractivity contribution in [1.29, 1.82) is 0 Å². The summed E-state index contributed by atoms with van der Waals surface area (Å²) in [5, 5.41) is 5.00. The molecule has 48 heavy (non-hydrogen) atoms. The van der Waals surface area contributed by atoms with Gasteiger partial charge in [0.1, 0.15) is 0 Å². The van der Waals surface area contributed by atoms with Crippen molar-refractivity contribution in [2.75, 3.05) is 4.90 Å². The molecule has 9 rings (SSSR count). The highest BCUT2D eigenvalue weighted by Gasteiger charge is 2.20. The molecule has 0 unspecified atom stereocenters. The zero-order valence-electron chi connectivity index (χ0n) is 26.4. The van der Waals surface area contributed by atoms with Crippen molar-refractivity contribution < 1.29 is 0 Å². The average molecular weight is 613 g/mol. The van der Waals surface area contributed by atoms with Crippen molar-refractivity contribution >= 4 is 49.6 Å². The van der Waals surface area contributed by atoms with E-state index in [0.717, 1.165) is 22.7 Å². The SMILES string of the molecule is c1ccc(-c2ccc(N(c3ccccc3)c3ccc4c5c(-c6cccc7ccccc67)cccc5n(-c5ccccc5)c4c3)cc2)cc1. The number of para-hydroxylation sites is 2. The third-order valence-corrected chi connectivity index (χ3v) is 9.37. The van der Waals surface area contributed by atoms with Crippen LogP contribution in [0.1, 0.15) is 0 Å². The summed E-state index contributed by atoms with van der Waals surface area (Å²) in [7, 11) is 0. The smallest absolute Gasteiger partial charge is 0.0562 e. The van der Waals surface area contributed by atoms with E-state index in [1.54, 1.807) is 0 Å². The molecule has 8 aromatic carbocycles. The highest BCUT2D eigenvalue weighted by atomic mass is 15.1. The van der Waals surface area contributed by atoms with Gasteiger partial charge in [-0.2, -0.15) is 0 Å². The van der Waals surface area contributed by atoms with Gasteiger partial charge in [0, 0.05) is 33.5 Å². The van der Waals surface area contributed by atoms with E-state index in [4.69, 9.17) is 0 Å². The third-order valence-electron chi connectivity index (χ3n) is 9.37. The van der Waals surface area contributed by atoms with Gasteiger partial charge in [-0.05, 0) is 87.6 Å². The number of aromatic nitrogens is 1. The predicted octanol–water partition coefficient (Wildman–Crippen LogP) is 12.7. The molecule has 2 heteroatoms. The topological polar surface area (TPSA) is 8.17 Å². The summed E-state index contributed by atoms with van der Waals surface area (Å²) in [4.78, 5) is 2.35. The molecule has 0 saturated heterocycles. The van der Waals surface area contributed by atoms with Crippen molar-refractivity contribution in [3.63, 3.8) is 0 Å². The number of hydrogen-bond donors (Lipinski definition) is 0. The average Bonchev–Trinajstić information content (AvgIpc) is 3.50. The summed E-state index contributed by atoms with van der Waals surface area (Å²) >= 11 is 0. The molecular formula is C46H32N2. The lowest BCUT2D eigenvalue weighted by molar-refractivity contribution is 1.18. The molecular weight excluding hydrogens is 581 g/mol. The lowest BCUT2D eigenvalue weighted by Crippen LogP contribution is -2.10. The Morgan fingerprint density at radius 1 is 0.354 bits per heavy atom. The van der Waals surface area contributed by atoms with E-state index in [1.807, 2.05) is 0 Å². The number of nitrogens with zero attached hydrogens (tertiary/aromatic N) is 2. The molecule has 0 aliphatic carbocycles. The van der Waals surface area contributed by atoms with Gasteiger partial charge in [-0.3, -0.25) is 0 Å². The first kappa shape index (κ1) is 27.9. The molecule has 0 amide bonds.